The highest BCUT2D eigenvalue weighted by Crippen LogP contribution is 2.21. The van der Waals surface area contributed by atoms with Crippen LogP contribution in [-0.2, 0) is 20.0 Å². The van der Waals surface area contributed by atoms with Crippen molar-refractivity contribution >= 4 is 53.0 Å². The summed E-state index contributed by atoms with van der Waals surface area (Å²) in [5, 5.41) is 38.2. The van der Waals surface area contributed by atoms with Gasteiger partial charge in [-0.3, -0.25) is 10.4 Å². The Kier molecular flexibility index (Phi) is 10.0. The third-order valence-corrected chi connectivity index (χ3v) is 9.14. The predicted octanol–water partition coefficient (Wildman–Crippen LogP) is 1.71. The fraction of sp³-hybridized carbons (Fsp3) is 0.250. The lowest BCUT2D eigenvalue weighted by atomic mass is 10.3. The first-order chi connectivity index (χ1) is 15.0. The van der Waals surface area contributed by atoms with Crippen LogP contribution in [0.25, 0.3) is 0 Å². The van der Waals surface area contributed by atoms with Gasteiger partial charge in [0, 0.05) is 24.6 Å². The molecule has 0 spiro atoms. The molecule has 0 saturated carbocycles. The van der Waals surface area contributed by atoms with Gasteiger partial charge in [0.1, 0.15) is 0 Å². The van der Waals surface area contributed by atoms with Crippen molar-refractivity contribution in [2.45, 2.75) is 9.79 Å². The van der Waals surface area contributed by atoms with Gasteiger partial charge in [-0.15, -0.1) is 0 Å². The molecule has 0 heterocycles. The predicted molar refractivity (Wildman–Crippen MR) is 123 cm³/mol. The normalized spacial score (nSPS) is 12.0. The summed E-state index contributed by atoms with van der Waals surface area (Å²) in [5.74, 6) is 0.849. The first-order valence-corrected chi connectivity index (χ1v) is 14.2. The van der Waals surface area contributed by atoms with Crippen molar-refractivity contribution < 1.29 is 27.3 Å². The minimum absolute atomic E-state index is 0.0508. The van der Waals surface area contributed by atoms with Gasteiger partial charge in [-0.1, -0.05) is 21.6 Å². The van der Waals surface area contributed by atoms with E-state index in [-0.39, 0.29) is 44.7 Å². The van der Waals surface area contributed by atoms with Gasteiger partial charge < -0.3 is 20.9 Å². The molecule has 12 nitrogen and oxygen atoms in total. The molecular formula is C16H20N4O8S4-2. The number of hydrogen-bond donors (Lipinski definition) is 4. The van der Waals surface area contributed by atoms with Crippen LogP contribution in [0.4, 0.5) is 11.4 Å². The zero-order valence-electron chi connectivity index (χ0n) is 16.3. The van der Waals surface area contributed by atoms with Gasteiger partial charge in [0.25, 0.3) is 0 Å². The van der Waals surface area contributed by atoms with Crippen molar-refractivity contribution in [3.05, 3.63) is 58.9 Å². The third-order valence-electron chi connectivity index (χ3n) is 3.77. The summed E-state index contributed by atoms with van der Waals surface area (Å²) in [7, 11) is -4.82. The van der Waals surface area contributed by atoms with Crippen LogP contribution in [0.5, 0.6) is 0 Å². The molecule has 0 aromatic heterocycles. The first-order valence-electron chi connectivity index (χ1n) is 8.79. The van der Waals surface area contributed by atoms with Crippen LogP contribution in [-0.4, -0.2) is 51.8 Å². The number of nitrogens with one attached hydrogen (secondary N) is 2. The lowest BCUT2D eigenvalue weighted by Crippen LogP contribution is -2.26. The molecule has 2 aromatic rings. The van der Waals surface area contributed by atoms with E-state index in [0.29, 0.717) is 11.5 Å². The van der Waals surface area contributed by atoms with E-state index in [1.54, 1.807) is 0 Å². The third kappa shape index (κ3) is 8.07. The average Bonchev–Trinajstić information content (AvgIpc) is 2.75. The Balaban J connectivity index is 1.66. The largest absolute Gasteiger partial charge is 0.733 e. The number of rotatable bonds is 13. The van der Waals surface area contributed by atoms with Crippen LogP contribution in [0.3, 0.4) is 0 Å². The molecule has 0 aliphatic carbocycles. The van der Waals surface area contributed by atoms with Gasteiger partial charge in [0.05, 0.1) is 21.2 Å². The Morgan fingerprint density at radius 1 is 0.688 bits per heavy atom. The first kappa shape index (κ1) is 26.7. The minimum Gasteiger partial charge on any atom is -0.733 e. The molecule has 0 aliphatic heterocycles. The highest BCUT2D eigenvalue weighted by Gasteiger charge is 2.14. The lowest BCUT2D eigenvalue weighted by Gasteiger charge is -2.21. The molecule has 32 heavy (non-hydrogen) atoms. The summed E-state index contributed by atoms with van der Waals surface area (Å²) in [6.07, 6.45) is 0. The Morgan fingerprint density at radius 3 is 1.28 bits per heavy atom. The number of anilines is 2. The van der Waals surface area contributed by atoms with E-state index in [1.807, 2.05) is 0 Å². The molecule has 0 unspecified atom stereocenters. The van der Waals surface area contributed by atoms with Crippen molar-refractivity contribution in [2.24, 2.45) is 0 Å². The van der Waals surface area contributed by atoms with Gasteiger partial charge >= 0.3 is 0 Å². The summed E-state index contributed by atoms with van der Waals surface area (Å²) in [6, 6.07) is 9.47. The second-order valence-electron chi connectivity index (χ2n) is 5.97. The minimum atomic E-state index is -3.76. The maximum atomic E-state index is 12.2. The summed E-state index contributed by atoms with van der Waals surface area (Å²) in [5.41, 5.74) is -0.189. The van der Waals surface area contributed by atoms with E-state index < -0.39 is 20.0 Å². The second-order valence-corrected chi connectivity index (χ2v) is 12.2. The number of benzene rings is 2. The molecule has 0 saturated heterocycles. The molecule has 178 valence electrons. The van der Waals surface area contributed by atoms with Crippen LogP contribution >= 0.6 is 21.6 Å². The number of sulfonamides is 2. The zero-order valence-corrected chi connectivity index (χ0v) is 19.6. The monoisotopic (exact) mass is 524 g/mol. The van der Waals surface area contributed by atoms with Crippen molar-refractivity contribution in [1.29, 1.82) is 0 Å². The van der Waals surface area contributed by atoms with E-state index in [4.69, 9.17) is 10.4 Å². The topological polar surface area (TPSA) is 185 Å². The molecule has 4 N–H and O–H groups in total. The molecule has 0 aliphatic rings. The zero-order chi connectivity index (χ0) is 23.8. The molecule has 0 atom stereocenters. The molecule has 0 amide bonds. The lowest BCUT2D eigenvalue weighted by molar-refractivity contribution is 0.296. The fourth-order valence-electron chi connectivity index (χ4n) is 2.23. The maximum absolute atomic E-state index is 12.2. The van der Waals surface area contributed by atoms with Gasteiger partial charge in [0.15, 0.2) is 0 Å². The van der Waals surface area contributed by atoms with E-state index in [0.717, 1.165) is 0 Å². The fourth-order valence-corrected chi connectivity index (χ4v) is 6.36. The van der Waals surface area contributed by atoms with Crippen molar-refractivity contribution in [2.75, 3.05) is 35.0 Å². The maximum Gasteiger partial charge on any atom is 0.240 e. The van der Waals surface area contributed by atoms with Crippen molar-refractivity contribution in [3.8, 4) is 0 Å². The highest BCUT2D eigenvalue weighted by atomic mass is 33.1. The summed E-state index contributed by atoms with van der Waals surface area (Å²) in [6.45, 7) is 0.268. The highest BCUT2D eigenvalue weighted by molar-refractivity contribution is 8.76. The van der Waals surface area contributed by atoms with Crippen molar-refractivity contribution in [1.82, 2.24) is 9.44 Å². The quantitative estimate of drug-likeness (QED) is 0.169. The van der Waals surface area contributed by atoms with E-state index in [9.17, 15) is 27.3 Å². The van der Waals surface area contributed by atoms with E-state index in [1.165, 1.54) is 70.1 Å². The molecule has 2 rings (SSSR count). The Bertz CT molecular complexity index is 975. The molecule has 16 heteroatoms. The molecule has 0 radical (unpaired) electrons. The van der Waals surface area contributed by atoms with Gasteiger partial charge in [0.2, 0.25) is 20.0 Å². The van der Waals surface area contributed by atoms with Gasteiger partial charge in [-0.25, -0.2) is 26.3 Å². The smallest absolute Gasteiger partial charge is 0.240 e. The van der Waals surface area contributed by atoms with Crippen LogP contribution < -0.4 is 19.9 Å². The second kappa shape index (κ2) is 12.0. The SMILES string of the molecule is O=S(=O)(NCCSSCCNS(=O)(=O)c1ccc(N([O-])O)cc1)c1ccc(N([O-])O)cc1. The summed E-state index contributed by atoms with van der Waals surface area (Å²) in [4.78, 5) is -0.102. The van der Waals surface area contributed by atoms with Crippen molar-refractivity contribution in [3.63, 3.8) is 0 Å². The molecular weight excluding hydrogens is 504 g/mol. The Morgan fingerprint density at radius 2 is 1.00 bits per heavy atom. The Hall–Kier alpha value is -1.60. The van der Waals surface area contributed by atoms with E-state index in [2.05, 4.69) is 9.44 Å². The Labute approximate surface area is 193 Å². The molecule has 0 fully saturated rings. The van der Waals surface area contributed by atoms with Crippen LogP contribution in [0.2, 0.25) is 0 Å². The van der Waals surface area contributed by atoms with Crippen LogP contribution in [0, 0.1) is 10.4 Å². The van der Waals surface area contributed by atoms with Gasteiger partial charge in [-0.05, 0) is 48.5 Å². The van der Waals surface area contributed by atoms with Crippen LogP contribution in [0.1, 0.15) is 0 Å². The summed E-state index contributed by atoms with van der Waals surface area (Å²) < 4.78 is 53.4. The average molecular weight is 525 g/mol. The summed E-state index contributed by atoms with van der Waals surface area (Å²) >= 11 is 0. The number of nitrogens with zero attached hydrogens (tertiary/aromatic N) is 2. The standard InChI is InChI=1S/C16H20N4O8S4/c21-19(22)13-1-5-15(6-2-13)31(25,26)17-9-11-29-30-12-10-18-32(27,28)16-7-3-14(4-8-16)20(23)24/h1-8,17-18,21,23H,9-12H2/q-2. The van der Waals surface area contributed by atoms with E-state index >= 15 is 0 Å². The molecule has 0 bridgehead atoms. The number of hydrogen-bond acceptors (Lipinski definition) is 12. The van der Waals surface area contributed by atoms with Crippen LogP contribution in [0.15, 0.2) is 58.3 Å². The molecule has 2 aromatic carbocycles. The van der Waals surface area contributed by atoms with Gasteiger partial charge in [-0.2, -0.15) is 0 Å².